The summed E-state index contributed by atoms with van der Waals surface area (Å²) in [6.45, 7) is 1.05. The Bertz CT molecular complexity index is 532. The third-order valence-electron chi connectivity index (χ3n) is 3.44. The number of benzene rings is 1. The summed E-state index contributed by atoms with van der Waals surface area (Å²) >= 11 is 6.12. The minimum absolute atomic E-state index is 0.0149. The molecule has 106 valence electrons. The summed E-state index contributed by atoms with van der Waals surface area (Å²) < 4.78 is 23.1. The topological polar surface area (TPSA) is 57.6 Å². The van der Waals surface area contributed by atoms with Crippen LogP contribution in [0.4, 0.5) is 0 Å². The second-order valence-corrected chi connectivity index (χ2v) is 7.48. The SMILES string of the molecule is O=S1(=O)CC[C@H](N(CCO)Cc2ccccc2Cl)C1. The van der Waals surface area contributed by atoms with Gasteiger partial charge in [0.1, 0.15) is 0 Å². The number of sulfone groups is 1. The smallest absolute Gasteiger partial charge is 0.151 e. The molecule has 1 N–H and O–H groups in total. The average molecular weight is 304 g/mol. The van der Waals surface area contributed by atoms with Crippen LogP contribution in [0.2, 0.25) is 5.02 Å². The Hall–Kier alpha value is -0.620. The molecule has 1 aromatic carbocycles. The Morgan fingerprint density at radius 2 is 2.11 bits per heavy atom. The molecule has 1 aromatic rings. The van der Waals surface area contributed by atoms with Crippen LogP contribution in [0, 0.1) is 0 Å². The Balaban J connectivity index is 2.11. The summed E-state index contributed by atoms with van der Waals surface area (Å²) in [7, 11) is -2.92. The monoisotopic (exact) mass is 303 g/mol. The van der Waals surface area contributed by atoms with Gasteiger partial charge in [-0.25, -0.2) is 8.42 Å². The van der Waals surface area contributed by atoms with E-state index in [4.69, 9.17) is 16.7 Å². The molecule has 1 aliphatic heterocycles. The first-order valence-corrected chi connectivity index (χ1v) is 8.50. The largest absolute Gasteiger partial charge is 0.395 e. The van der Waals surface area contributed by atoms with Crippen LogP contribution in [0.1, 0.15) is 12.0 Å². The molecule has 19 heavy (non-hydrogen) atoms. The number of aliphatic hydroxyl groups excluding tert-OH is 1. The van der Waals surface area contributed by atoms with Crippen molar-refractivity contribution in [2.75, 3.05) is 24.7 Å². The van der Waals surface area contributed by atoms with Gasteiger partial charge in [-0.1, -0.05) is 29.8 Å². The quantitative estimate of drug-likeness (QED) is 0.891. The number of rotatable bonds is 5. The summed E-state index contributed by atoms with van der Waals surface area (Å²) in [5, 5.41) is 9.82. The molecule has 4 nitrogen and oxygen atoms in total. The Kier molecular flexibility index (Phi) is 4.84. The molecule has 0 amide bonds. The maximum Gasteiger partial charge on any atom is 0.151 e. The normalized spacial score (nSPS) is 21.9. The second-order valence-electron chi connectivity index (χ2n) is 4.84. The fourth-order valence-corrected chi connectivity index (χ4v) is 4.39. The molecule has 1 aliphatic rings. The molecular weight excluding hydrogens is 286 g/mol. The highest BCUT2D eigenvalue weighted by Crippen LogP contribution is 2.22. The van der Waals surface area contributed by atoms with Gasteiger partial charge in [0.25, 0.3) is 0 Å². The van der Waals surface area contributed by atoms with E-state index < -0.39 is 9.84 Å². The van der Waals surface area contributed by atoms with E-state index in [1.165, 1.54) is 0 Å². The van der Waals surface area contributed by atoms with E-state index in [-0.39, 0.29) is 24.2 Å². The van der Waals surface area contributed by atoms with Crippen molar-refractivity contribution in [1.29, 1.82) is 0 Å². The van der Waals surface area contributed by atoms with Gasteiger partial charge in [-0.05, 0) is 18.1 Å². The minimum atomic E-state index is -2.92. The van der Waals surface area contributed by atoms with E-state index in [1.54, 1.807) is 0 Å². The van der Waals surface area contributed by atoms with Gasteiger partial charge in [0.05, 0.1) is 18.1 Å². The van der Waals surface area contributed by atoms with Crippen LogP contribution in [0.25, 0.3) is 0 Å². The Labute approximate surface area is 118 Å². The van der Waals surface area contributed by atoms with Gasteiger partial charge in [0, 0.05) is 24.2 Å². The number of hydrogen-bond acceptors (Lipinski definition) is 4. The first-order chi connectivity index (χ1) is 9.02. The van der Waals surface area contributed by atoms with Crippen molar-refractivity contribution < 1.29 is 13.5 Å². The van der Waals surface area contributed by atoms with E-state index in [1.807, 2.05) is 29.2 Å². The summed E-state index contributed by atoms with van der Waals surface area (Å²) in [5.74, 6) is 0.416. The zero-order valence-electron chi connectivity index (χ0n) is 10.6. The first-order valence-electron chi connectivity index (χ1n) is 6.30. The number of hydrogen-bond donors (Lipinski definition) is 1. The molecule has 1 fully saturated rings. The molecule has 0 bridgehead atoms. The third-order valence-corrected chi connectivity index (χ3v) is 5.56. The maximum atomic E-state index is 11.6. The van der Waals surface area contributed by atoms with Crippen molar-refractivity contribution in [3.63, 3.8) is 0 Å². The molecule has 0 saturated carbocycles. The Morgan fingerprint density at radius 1 is 1.37 bits per heavy atom. The molecule has 1 atom stereocenters. The molecule has 1 saturated heterocycles. The van der Waals surface area contributed by atoms with Crippen LogP contribution < -0.4 is 0 Å². The molecule has 0 radical (unpaired) electrons. The number of aliphatic hydroxyl groups is 1. The highest BCUT2D eigenvalue weighted by molar-refractivity contribution is 7.91. The molecule has 0 spiro atoms. The zero-order chi connectivity index (χ0) is 13.9. The van der Waals surface area contributed by atoms with E-state index in [9.17, 15) is 8.42 Å². The maximum absolute atomic E-state index is 11.6. The van der Waals surface area contributed by atoms with Crippen LogP contribution in [0.3, 0.4) is 0 Å². The molecule has 1 heterocycles. The van der Waals surface area contributed by atoms with Crippen LogP contribution in [-0.2, 0) is 16.4 Å². The number of nitrogens with zero attached hydrogens (tertiary/aromatic N) is 1. The van der Waals surface area contributed by atoms with Crippen molar-refractivity contribution >= 4 is 21.4 Å². The van der Waals surface area contributed by atoms with Crippen molar-refractivity contribution in [3.05, 3.63) is 34.9 Å². The van der Waals surface area contributed by atoms with Gasteiger partial charge in [0.2, 0.25) is 0 Å². The fourth-order valence-electron chi connectivity index (χ4n) is 2.43. The van der Waals surface area contributed by atoms with Crippen molar-refractivity contribution in [2.24, 2.45) is 0 Å². The lowest BCUT2D eigenvalue weighted by Gasteiger charge is -2.27. The van der Waals surface area contributed by atoms with Crippen LogP contribution >= 0.6 is 11.6 Å². The molecular formula is C13H18ClNO3S. The minimum Gasteiger partial charge on any atom is -0.395 e. The fraction of sp³-hybridized carbons (Fsp3) is 0.538. The van der Waals surface area contributed by atoms with Crippen molar-refractivity contribution in [2.45, 2.75) is 19.0 Å². The van der Waals surface area contributed by atoms with E-state index in [0.29, 0.717) is 24.5 Å². The van der Waals surface area contributed by atoms with E-state index >= 15 is 0 Å². The number of halogens is 1. The van der Waals surface area contributed by atoms with Crippen molar-refractivity contribution in [1.82, 2.24) is 4.90 Å². The average Bonchev–Trinajstić information content (AvgIpc) is 2.72. The molecule has 6 heteroatoms. The molecule has 0 aromatic heterocycles. The highest BCUT2D eigenvalue weighted by atomic mass is 35.5. The predicted octanol–water partition coefficient (Wildman–Crippen LogP) is 1.32. The van der Waals surface area contributed by atoms with Crippen molar-refractivity contribution in [3.8, 4) is 0 Å². The van der Waals surface area contributed by atoms with Gasteiger partial charge in [0.15, 0.2) is 9.84 Å². The summed E-state index contributed by atoms with van der Waals surface area (Å²) in [5.41, 5.74) is 0.960. The molecule has 0 aliphatic carbocycles. The predicted molar refractivity (Wildman–Crippen MR) is 76.0 cm³/mol. The van der Waals surface area contributed by atoms with Gasteiger partial charge in [-0.2, -0.15) is 0 Å². The van der Waals surface area contributed by atoms with E-state index in [0.717, 1.165) is 5.56 Å². The molecule has 0 unspecified atom stereocenters. The van der Waals surface area contributed by atoms with Gasteiger partial charge >= 0.3 is 0 Å². The standard InChI is InChI=1S/C13H18ClNO3S/c14-13-4-2-1-3-11(13)9-15(6-7-16)12-5-8-19(17,18)10-12/h1-4,12,16H,5-10H2/t12-/m0/s1. The van der Waals surface area contributed by atoms with E-state index in [2.05, 4.69) is 0 Å². The summed E-state index contributed by atoms with van der Waals surface area (Å²) in [6, 6.07) is 7.50. The highest BCUT2D eigenvalue weighted by Gasteiger charge is 2.32. The molecule has 2 rings (SSSR count). The van der Waals surface area contributed by atoms with Crippen LogP contribution in [0.5, 0.6) is 0 Å². The summed E-state index contributed by atoms with van der Waals surface area (Å²) in [4.78, 5) is 2.01. The first kappa shape index (κ1) is 14.8. The van der Waals surface area contributed by atoms with Gasteiger partial charge < -0.3 is 5.11 Å². The lowest BCUT2D eigenvalue weighted by molar-refractivity contribution is 0.154. The van der Waals surface area contributed by atoms with Gasteiger partial charge in [-0.15, -0.1) is 0 Å². The Morgan fingerprint density at radius 3 is 2.68 bits per heavy atom. The lowest BCUT2D eigenvalue weighted by atomic mass is 10.1. The lowest BCUT2D eigenvalue weighted by Crippen LogP contribution is -2.37. The zero-order valence-corrected chi connectivity index (χ0v) is 12.2. The third kappa shape index (κ3) is 3.92. The second kappa shape index (κ2) is 6.22. The van der Waals surface area contributed by atoms with Crippen LogP contribution in [-0.4, -0.2) is 49.1 Å². The summed E-state index contributed by atoms with van der Waals surface area (Å²) in [6.07, 6.45) is 0.632. The van der Waals surface area contributed by atoms with Gasteiger partial charge in [-0.3, -0.25) is 4.90 Å². The van der Waals surface area contributed by atoms with Crippen LogP contribution in [0.15, 0.2) is 24.3 Å².